The fourth-order valence-corrected chi connectivity index (χ4v) is 3.16. The zero-order valence-corrected chi connectivity index (χ0v) is 9.16. The number of hydrogen-bond donors (Lipinski definition) is 1. The highest BCUT2D eigenvalue weighted by Crippen LogP contribution is 2.37. The highest BCUT2D eigenvalue weighted by Gasteiger charge is 2.36. The fraction of sp³-hybridized carbons (Fsp3) is 1.00. The van der Waals surface area contributed by atoms with Crippen molar-refractivity contribution in [2.24, 2.45) is 5.92 Å². The molecule has 1 fully saturated rings. The Labute approximate surface area is 79.9 Å². The monoisotopic (exact) mass is 188 g/mol. The van der Waals surface area contributed by atoms with Crippen molar-refractivity contribution in [1.82, 2.24) is 0 Å². The van der Waals surface area contributed by atoms with Crippen LogP contribution in [0.15, 0.2) is 0 Å². The van der Waals surface area contributed by atoms with E-state index in [1.807, 2.05) is 11.8 Å². The SMILES string of the molecule is CC(C)CC1(O)CCCSC1C. The molecule has 2 atom stereocenters. The molecule has 1 N–H and O–H groups in total. The molecule has 0 radical (unpaired) electrons. The van der Waals surface area contributed by atoms with E-state index in [1.54, 1.807) is 0 Å². The molecule has 0 aliphatic carbocycles. The van der Waals surface area contributed by atoms with Crippen LogP contribution in [0.4, 0.5) is 0 Å². The molecule has 0 amide bonds. The summed E-state index contributed by atoms with van der Waals surface area (Å²) in [6.07, 6.45) is 3.14. The van der Waals surface area contributed by atoms with Gasteiger partial charge >= 0.3 is 0 Å². The van der Waals surface area contributed by atoms with E-state index in [-0.39, 0.29) is 5.60 Å². The number of hydrogen-bond acceptors (Lipinski definition) is 2. The van der Waals surface area contributed by atoms with Gasteiger partial charge in [-0.1, -0.05) is 20.8 Å². The summed E-state index contributed by atoms with van der Waals surface area (Å²) in [5.41, 5.74) is -0.378. The van der Waals surface area contributed by atoms with Crippen LogP contribution in [0.5, 0.6) is 0 Å². The van der Waals surface area contributed by atoms with E-state index in [2.05, 4.69) is 20.8 Å². The van der Waals surface area contributed by atoms with Crippen LogP contribution in [0.3, 0.4) is 0 Å². The third kappa shape index (κ3) is 2.40. The number of rotatable bonds is 2. The molecule has 0 bridgehead atoms. The van der Waals surface area contributed by atoms with Gasteiger partial charge in [-0.15, -0.1) is 0 Å². The van der Waals surface area contributed by atoms with E-state index in [0.717, 1.165) is 12.8 Å². The van der Waals surface area contributed by atoms with Crippen LogP contribution in [0.25, 0.3) is 0 Å². The molecule has 2 unspecified atom stereocenters. The van der Waals surface area contributed by atoms with E-state index < -0.39 is 0 Å². The second-order valence-corrected chi connectivity index (χ2v) is 5.77. The van der Waals surface area contributed by atoms with E-state index in [1.165, 1.54) is 12.2 Å². The van der Waals surface area contributed by atoms with Crippen molar-refractivity contribution in [2.75, 3.05) is 5.75 Å². The topological polar surface area (TPSA) is 20.2 Å². The van der Waals surface area contributed by atoms with Gasteiger partial charge in [0.1, 0.15) is 0 Å². The molecule has 0 aromatic rings. The second kappa shape index (κ2) is 4.01. The molecule has 0 saturated carbocycles. The molecule has 1 rings (SSSR count). The van der Waals surface area contributed by atoms with Crippen molar-refractivity contribution < 1.29 is 5.11 Å². The van der Waals surface area contributed by atoms with Gasteiger partial charge in [0.15, 0.2) is 0 Å². The molecule has 12 heavy (non-hydrogen) atoms. The average Bonchev–Trinajstić information content (AvgIpc) is 1.94. The first kappa shape index (κ1) is 10.4. The number of aliphatic hydroxyl groups is 1. The Morgan fingerprint density at radius 1 is 1.58 bits per heavy atom. The van der Waals surface area contributed by atoms with Crippen LogP contribution >= 0.6 is 11.8 Å². The maximum atomic E-state index is 10.3. The summed E-state index contributed by atoms with van der Waals surface area (Å²) in [7, 11) is 0. The molecule has 0 aromatic carbocycles. The molecule has 1 saturated heterocycles. The van der Waals surface area contributed by atoms with Gasteiger partial charge in [-0.05, 0) is 30.9 Å². The minimum absolute atomic E-state index is 0.378. The molecule has 0 aromatic heterocycles. The summed E-state index contributed by atoms with van der Waals surface area (Å²) in [6, 6.07) is 0. The quantitative estimate of drug-likeness (QED) is 0.719. The molecule has 1 aliphatic heterocycles. The molecule has 72 valence electrons. The van der Waals surface area contributed by atoms with Gasteiger partial charge in [-0.2, -0.15) is 11.8 Å². The first-order valence-electron chi connectivity index (χ1n) is 4.88. The maximum Gasteiger partial charge on any atom is 0.0765 e. The maximum absolute atomic E-state index is 10.3. The van der Waals surface area contributed by atoms with Gasteiger partial charge in [0.2, 0.25) is 0 Å². The van der Waals surface area contributed by atoms with Crippen molar-refractivity contribution in [3.8, 4) is 0 Å². The largest absolute Gasteiger partial charge is 0.389 e. The lowest BCUT2D eigenvalue weighted by molar-refractivity contribution is 0.00966. The van der Waals surface area contributed by atoms with Crippen molar-refractivity contribution in [3.05, 3.63) is 0 Å². The van der Waals surface area contributed by atoms with Crippen LogP contribution in [0, 0.1) is 5.92 Å². The molecule has 2 heteroatoms. The first-order chi connectivity index (χ1) is 5.54. The lowest BCUT2D eigenvalue weighted by Crippen LogP contribution is -2.42. The summed E-state index contributed by atoms with van der Waals surface area (Å²) in [4.78, 5) is 0. The van der Waals surface area contributed by atoms with Crippen LogP contribution in [0.2, 0.25) is 0 Å². The van der Waals surface area contributed by atoms with Crippen LogP contribution < -0.4 is 0 Å². The van der Waals surface area contributed by atoms with Crippen molar-refractivity contribution in [3.63, 3.8) is 0 Å². The molecular weight excluding hydrogens is 168 g/mol. The molecule has 1 aliphatic rings. The summed E-state index contributed by atoms with van der Waals surface area (Å²) in [5, 5.41) is 10.7. The molecular formula is C10H20OS. The van der Waals surface area contributed by atoms with Gasteiger partial charge in [-0.25, -0.2) is 0 Å². The van der Waals surface area contributed by atoms with E-state index in [0.29, 0.717) is 11.2 Å². The zero-order chi connectivity index (χ0) is 9.19. The second-order valence-electron chi connectivity index (χ2n) is 4.32. The van der Waals surface area contributed by atoms with Crippen LogP contribution in [-0.2, 0) is 0 Å². The Hall–Kier alpha value is 0.310. The van der Waals surface area contributed by atoms with E-state index in [4.69, 9.17) is 0 Å². The molecule has 0 spiro atoms. The first-order valence-corrected chi connectivity index (χ1v) is 5.93. The minimum Gasteiger partial charge on any atom is -0.389 e. The summed E-state index contributed by atoms with van der Waals surface area (Å²) >= 11 is 1.92. The van der Waals surface area contributed by atoms with E-state index in [9.17, 15) is 5.11 Å². The lowest BCUT2D eigenvalue weighted by Gasteiger charge is -2.38. The summed E-state index contributed by atoms with van der Waals surface area (Å²) < 4.78 is 0. The minimum atomic E-state index is -0.378. The average molecular weight is 188 g/mol. The predicted molar refractivity (Wildman–Crippen MR) is 55.6 cm³/mol. The van der Waals surface area contributed by atoms with Gasteiger partial charge in [0.25, 0.3) is 0 Å². The Morgan fingerprint density at radius 2 is 2.25 bits per heavy atom. The van der Waals surface area contributed by atoms with Gasteiger partial charge in [0.05, 0.1) is 5.60 Å². The summed E-state index contributed by atoms with van der Waals surface area (Å²) in [5.74, 6) is 1.83. The fourth-order valence-electron chi connectivity index (χ4n) is 1.97. The molecule has 1 heterocycles. The van der Waals surface area contributed by atoms with Crippen molar-refractivity contribution >= 4 is 11.8 Å². The van der Waals surface area contributed by atoms with E-state index >= 15 is 0 Å². The van der Waals surface area contributed by atoms with Crippen LogP contribution in [0.1, 0.15) is 40.0 Å². The summed E-state index contributed by atoms with van der Waals surface area (Å²) in [6.45, 7) is 6.53. The van der Waals surface area contributed by atoms with Gasteiger partial charge in [-0.3, -0.25) is 0 Å². The Kier molecular flexibility index (Phi) is 3.47. The van der Waals surface area contributed by atoms with Gasteiger partial charge < -0.3 is 5.11 Å². The molecule has 1 nitrogen and oxygen atoms in total. The normalized spacial score (nSPS) is 37.2. The highest BCUT2D eigenvalue weighted by atomic mass is 32.2. The zero-order valence-electron chi connectivity index (χ0n) is 8.34. The predicted octanol–water partition coefficient (Wildman–Crippen LogP) is 2.68. The Balaban J connectivity index is 2.53. The third-order valence-electron chi connectivity index (χ3n) is 2.64. The number of thioether (sulfide) groups is 1. The van der Waals surface area contributed by atoms with Crippen LogP contribution in [-0.4, -0.2) is 21.7 Å². The smallest absolute Gasteiger partial charge is 0.0765 e. The van der Waals surface area contributed by atoms with Crippen molar-refractivity contribution in [1.29, 1.82) is 0 Å². The van der Waals surface area contributed by atoms with Gasteiger partial charge in [0, 0.05) is 5.25 Å². The highest BCUT2D eigenvalue weighted by molar-refractivity contribution is 8.00. The van der Waals surface area contributed by atoms with Crippen molar-refractivity contribution in [2.45, 2.75) is 50.9 Å². The Bertz CT molecular complexity index is 147. The lowest BCUT2D eigenvalue weighted by atomic mass is 9.85. The Morgan fingerprint density at radius 3 is 2.75 bits per heavy atom. The third-order valence-corrected chi connectivity index (χ3v) is 4.10. The standard InChI is InChI=1S/C10H20OS/c1-8(2)7-10(11)5-4-6-12-9(10)3/h8-9,11H,4-7H2,1-3H3.